The number of rotatable bonds is 2. The molecule has 2 aromatic rings. The molecule has 4 rings (SSSR count). The molecule has 1 spiro atoms. The summed E-state index contributed by atoms with van der Waals surface area (Å²) in [6, 6.07) is 7.85. The van der Waals surface area contributed by atoms with Crippen molar-refractivity contribution in [2.45, 2.75) is 39.0 Å². The van der Waals surface area contributed by atoms with Crippen LogP contribution < -0.4 is 4.90 Å². The van der Waals surface area contributed by atoms with Crippen LogP contribution in [0.3, 0.4) is 0 Å². The van der Waals surface area contributed by atoms with Crippen LogP contribution in [-0.4, -0.2) is 47.6 Å². The van der Waals surface area contributed by atoms with Gasteiger partial charge in [0.25, 0.3) is 5.91 Å². The van der Waals surface area contributed by atoms with Crippen LogP contribution in [0.1, 0.15) is 57.4 Å². The molecule has 0 bridgehead atoms. The summed E-state index contributed by atoms with van der Waals surface area (Å²) in [4.78, 5) is 45.0. The van der Waals surface area contributed by atoms with E-state index in [1.807, 2.05) is 31.2 Å². The van der Waals surface area contributed by atoms with Gasteiger partial charge in [-0.15, -0.1) is 0 Å². The van der Waals surface area contributed by atoms with Gasteiger partial charge in [-0.05, 0) is 43.9 Å². The first-order chi connectivity index (χ1) is 13.3. The minimum absolute atomic E-state index is 0.0538. The van der Waals surface area contributed by atoms with Crippen molar-refractivity contribution >= 4 is 23.3 Å². The van der Waals surface area contributed by atoms with E-state index in [1.165, 1.54) is 6.92 Å². The number of anilines is 1. The second-order valence-corrected chi connectivity index (χ2v) is 7.97. The van der Waals surface area contributed by atoms with E-state index in [0.717, 1.165) is 24.1 Å². The highest BCUT2D eigenvalue weighted by Crippen LogP contribution is 2.46. The van der Waals surface area contributed by atoms with Gasteiger partial charge in [-0.2, -0.15) is 0 Å². The minimum Gasteiger partial charge on any atom is -0.355 e. The summed E-state index contributed by atoms with van der Waals surface area (Å²) in [5, 5.41) is 0. The molecule has 6 nitrogen and oxygen atoms in total. The average molecular weight is 379 g/mol. The van der Waals surface area contributed by atoms with Gasteiger partial charge in [0, 0.05) is 38.4 Å². The number of H-pyrrole nitrogens is 1. The molecule has 0 aliphatic carbocycles. The molecule has 1 saturated heterocycles. The van der Waals surface area contributed by atoms with Crippen LogP contribution in [0.25, 0.3) is 0 Å². The van der Waals surface area contributed by atoms with Crippen LogP contribution in [0.4, 0.5) is 5.69 Å². The summed E-state index contributed by atoms with van der Waals surface area (Å²) >= 11 is 0. The highest BCUT2D eigenvalue weighted by atomic mass is 16.2. The van der Waals surface area contributed by atoms with Crippen molar-refractivity contribution in [3.05, 3.63) is 52.3 Å². The van der Waals surface area contributed by atoms with Crippen molar-refractivity contribution in [1.29, 1.82) is 0 Å². The number of nitrogens with one attached hydrogen (secondary N) is 1. The van der Waals surface area contributed by atoms with Crippen molar-refractivity contribution in [3.63, 3.8) is 0 Å². The summed E-state index contributed by atoms with van der Waals surface area (Å²) in [6.07, 6.45) is 1.50. The lowest BCUT2D eigenvalue weighted by molar-refractivity contribution is -0.124. The summed E-state index contributed by atoms with van der Waals surface area (Å²) in [7, 11) is 1.80. The van der Waals surface area contributed by atoms with Crippen LogP contribution >= 0.6 is 0 Å². The van der Waals surface area contributed by atoms with Crippen LogP contribution in [0.5, 0.6) is 0 Å². The molecule has 6 heteroatoms. The van der Waals surface area contributed by atoms with Gasteiger partial charge in [-0.3, -0.25) is 14.4 Å². The fourth-order valence-corrected chi connectivity index (χ4v) is 4.92. The second kappa shape index (κ2) is 6.33. The van der Waals surface area contributed by atoms with E-state index in [9.17, 15) is 14.4 Å². The van der Waals surface area contributed by atoms with Crippen LogP contribution in [-0.2, 0) is 10.2 Å². The molecule has 3 heterocycles. The lowest BCUT2D eigenvalue weighted by Crippen LogP contribution is -2.53. The Bertz CT molecular complexity index is 1010. The van der Waals surface area contributed by atoms with Crippen LogP contribution in [0.2, 0.25) is 0 Å². The highest BCUT2D eigenvalue weighted by Gasteiger charge is 2.52. The molecule has 2 aliphatic rings. The van der Waals surface area contributed by atoms with Crippen LogP contribution in [0.15, 0.2) is 24.3 Å². The fourth-order valence-electron chi connectivity index (χ4n) is 4.92. The third kappa shape index (κ3) is 2.44. The van der Waals surface area contributed by atoms with Crippen molar-refractivity contribution in [1.82, 2.24) is 9.88 Å². The lowest BCUT2D eigenvalue weighted by atomic mass is 9.75. The van der Waals surface area contributed by atoms with Crippen molar-refractivity contribution in [2.75, 3.05) is 25.0 Å². The van der Waals surface area contributed by atoms with Gasteiger partial charge in [0.05, 0.1) is 16.7 Å². The van der Waals surface area contributed by atoms with E-state index in [4.69, 9.17) is 0 Å². The first-order valence-corrected chi connectivity index (χ1v) is 9.65. The molecule has 2 aliphatic heterocycles. The normalized spacial score (nSPS) is 21.4. The summed E-state index contributed by atoms with van der Waals surface area (Å²) in [5.41, 5.74) is 3.67. The summed E-state index contributed by atoms with van der Waals surface area (Å²) in [5.74, 6) is -0.146. The van der Waals surface area contributed by atoms with E-state index < -0.39 is 5.41 Å². The zero-order valence-corrected chi connectivity index (χ0v) is 16.8. The van der Waals surface area contributed by atoms with Gasteiger partial charge in [-0.1, -0.05) is 18.2 Å². The summed E-state index contributed by atoms with van der Waals surface area (Å²) in [6.45, 7) is 6.09. The standard InChI is InChI=1S/C22H25N3O3/c1-13-18(14(2)23-19(13)15(3)26)20(27)25-11-7-10-22(12-25)16-8-5-6-9-17(16)24(4)21(22)28/h5-6,8-9,23H,7,10-12H2,1-4H3/t22-/m1/s1. The number of amides is 2. The number of benzene rings is 1. The predicted molar refractivity (Wildman–Crippen MR) is 107 cm³/mol. The topological polar surface area (TPSA) is 73.5 Å². The van der Waals surface area contributed by atoms with E-state index in [1.54, 1.807) is 23.8 Å². The number of fused-ring (bicyclic) bond motifs is 2. The zero-order valence-electron chi connectivity index (χ0n) is 16.8. The number of aryl methyl sites for hydroxylation is 1. The number of carbonyl (C=O) groups is 3. The Morgan fingerprint density at radius 3 is 2.57 bits per heavy atom. The van der Waals surface area contributed by atoms with Gasteiger partial charge in [0.2, 0.25) is 5.91 Å². The van der Waals surface area contributed by atoms with E-state index >= 15 is 0 Å². The van der Waals surface area contributed by atoms with Gasteiger partial charge in [0.15, 0.2) is 5.78 Å². The number of nitrogens with zero attached hydrogens (tertiary/aromatic N) is 2. The smallest absolute Gasteiger partial charge is 0.256 e. The number of likely N-dealkylation sites (N-methyl/N-ethyl adjacent to an activating group) is 1. The minimum atomic E-state index is -0.680. The number of piperidine rings is 1. The van der Waals surface area contributed by atoms with Crippen molar-refractivity contribution in [2.24, 2.45) is 0 Å². The fraction of sp³-hybridized carbons (Fsp3) is 0.409. The molecule has 1 fully saturated rings. The second-order valence-electron chi connectivity index (χ2n) is 7.97. The molecule has 0 radical (unpaired) electrons. The number of hydrogen-bond donors (Lipinski definition) is 1. The SMILES string of the molecule is CC(=O)c1[nH]c(C)c(C(=O)N2CCC[C@]3(C2)C(=O)N(C)c2ccccc23)c1C. The highest BCUT2D eigenvalue weighted by molar-refractivity contribution is 6.09. The molecule has 0 unspecified atom stereocenters. The summed E-state index contributed by atoms with van der Waals surface area (Å²) < 4.78 is 0. The average Bonchev–Trinajstić information content (AvgIpc) is 3.09. The number of Topliss-reactive ketones (excluding diaryl/α,β-unsaturated/α-hetero) is 1. The molecule has 2 amide bonds. The van der Waals surface area contributed by atoms with E-state index in [0.29, 0.717) is 35.6 Å². The van der Waals surface area contributed by atoms with E-state index in [2.05, 4.69) is 4.98 Å². The molecule has 1 atom stereocenters. The molecule has 1 aromatic heterocycles. The number of ketones is 1. The van der Waals surface area contributed by atoms with Crippen molar-refractivity contribution in [3.8, 4) is 0 Å². The molecule has 1 aromatic carbocycles. The maximum atomic E-state index is 13.4. The van der Waals surface area contributed by atoms with Gasteiger partial charge < -0.3 is 14.8 Å². The molecular formula is C22H25N3O3. The number of aromatic nitrogens is 1. The first kappa shape index (κ1) is 18.5. The number of aromatic amines is 1. The third-order valence-electron chi connectivity index (χ3n) is 6.28. The molecule has 28 heavy (non-hydrogen) atoms. The zero-order chi connectivity index (χ0) is 20.2. The Morgan fingerprint density at radius 1 is 1.18 bits per heavy atom. The predicted octanol–water partition coefficient (Wildman–Crippen LogP) is 2.98. The Morgan fingerprint density at radius 2 is 1.89 bits per heavy atom. The number of likely N-dealkylation sites (tertiary alicyclic amines) is 1. The van der Waals surface area contributed by atoms with Crippen LogP contribution in [0, 0.1) is 13.8 Å². The Kier molecular flexibility index (Phi) is 4.17. The first-order valence-electron chi connectivity index (χ1n) is 9.65. The maximum absolute atomic E-state index is 13.4. The van der Waals surface area contributed by atoms with E-state index in [-0.39, 0.29) is 17.6 Å². The Hall–Kier alpha value is -2.89. The monoisotopic (exact) mass is 379 g/mol. The van der Waals surface area contributed by atoms with Gasteiger partial charge in [0.1, 0.15) is 0 Å². The third-order valence-corrected chi connectivity index (χ3v) is 6.28. The Labute approximate surface area is 164 Å². The molecule has 146 valence electrons. The molecule has 0 saturated carbocycles. The Balaban J connectivity index is 1.72. The van der Waals surface area contributed by atoms with Crippen molar-refractivity contribution < 1.29 is 14.4 Å². The van der Waals surface area contributed by atoms with Gasteiger partial charge >= 0.3 is 0 Å². The quantitative estimate of drug-likeness (QED) is 0.816. The number of hydrogen-bond acceptors (Lipinski definition) is 3. The number of para-hydroxylation sites is 1. The maximum Gasteiger partial charge on any atom is 0.256 e. The lowest BCUT2D eigenvalue weighted by Gasteiger charge is -2.39. The van der Waals surface area contributed by atoms with Gasteiger partial charge in [-0.25, -0.2) is 0 Å². The molecule has 1 N–H and O–H groups in total. The number of carbonyl (C=O) groups excluding carboxylic acids is 3. The largest absolute Gasteiger partial charge is 0.355 e. The molecular weight excluding hydrogens is 354 g/mol.